The summed E-state index contributed by atoms with van der Waals surface area (Å²) in [6, 6.07) is 9.89. The van der Waals surface area contributed by atoms with Crippen LogP contribution in [0.25, 0.3) is 0 Å². The van der Waals surface area contributed by atoms with E-state index in [1.54, 1.807) is 0 Å². The summed E-state index contributed by atoms with van der Waals surface area (Å²) in [5.41, 5.74) is 1.16. The molecular formula is C15H24N2O3S. The van der Waals surface area contributed by atoms with Gasteiger partial charge in [0.25, 0.3) is 0 Å². The van der Waals surface area contributed by atoms with Crippen LogP contribution in [0.2, 0.25) is 0 Å². The van der Waals surface area contributed by atoms with Crippen LogP contribution in [0.3, 0.4) is 0 Å². The van der Waals surface area contributed by atoms with Crippen molar-refractivity contribution in [3.05, 3.63) is 35.9 Å². The molecule has 1 amide bonds. The maximum atomic E-state index is 11.7. The van der Waals surface area contributed by atoms with Gasteiger partial charge in [-0.3, -0.25) is 4.79 Å². The van der Waals surface area contributed by atoms with Crippen molar-refractivity contribution in [1.82, 2.24) is 9.62 Å². The first-order chi connectivity index (χ1) is 9.79. The topological polar surface area (TPSA) is 66.5 Å². The van der Waals surface area contributed by atoms with E-state index in [9.17, 15) is 13.2 Å². The molecule has 0 aliphatic carbocycles. The zero-order chi connectivity index (χ0) is 15.9. The molecule has 0 fully saturated rings. The van der Waals surface area contributed by atoms with E-state index in [4.69, 9.17) is 0 Å². The molecular weight excluding hydrogens is 288 g/mol. The quantitative estimate of drug-likeness (QED) is 0.789. The number of rotatable bonds is 8. The van der Waals surface area contributed by atoms with Crippen molar-refractivity contribution in [3.63, 3.8) is 0 Å². The Balaban J connectivity index is 2.53. The van der Waals surface area contributed by atoms with Crippen molar-refractivity contribution < 1.29 is 13.2 Å². The highest BCUT2D eigenvalue weighted by molar-refractivity contribution is 7.88. The number of sulfonamides is 1. The van der Waals surface area contributed by atoms with E-state index in [-0.39, 0.29) is 18.5 Å². The number of nitrogens with one attached hydrogen (secondary N) is 1. The Bertz CT molecular complexity index is 541. The molecule has 21 heavy (non-hydrogen) atoms. The summed E-state index contributed by atoms with van der Waals surface area (Å²) >= 11 is 0. The SMILES string of the molecule is CC(C)NC(=O)CN(CCCc1ccccc1)S(C)(=O)=O. The minimum absolute atomic E-state index is 0.00299. The number of benzene rings is 1. The second kappa shape index (κ2) is 8.14. The zero-order valence-electron chi connectivity index (χ0n) is 12.9. The largest absolute Gasteiger partial charge is 0.353 e. The fourth-order valence-corrected chi connectivity index (χ4v) is 2.81. The van der Waals surface area contributed by atoms with E-state index in [1.807, 2.05) is 44.2 Å². The number of nitrogens with zero attached hydrogens (tertiary/aromatic N) is 1. The Kier molecular flexibility index (Phi) is 6.84. The van der Waals surface area contributed by atoms with E-state index in [0.717, 1.165) is 18.2 Å². The summed E-state index contributed by atoms with van der Waals surface area (Å²) < 4.78 is 24.7. The molecule has 6 heteroatoms. The van der Waals surface area contributed by atoms with Crippen LogP contribution in [-0.2, 0) is 21.2 Å². The third kappa shape index (κ3) is 7.24. The van der Waals surface area contributed by atoms with Gasteiger partial charge in [0.1, 0.15) is 0 Å². The third-order valence-corrected chi connectivity index (χ3v) is 4.20. The summed E-state index contributed by atoms with van der Waals surface area (Å²) in [7, 11) is -3.38. The number of aryl methyl sites for hydroxylation is 1. The monoisotopic (exact) mass is 312 g/mol. The normalized spacial score (nSPS) is 11.9. The average Bonchev–Trinajstić information content (AvgIpc) is 2.36. The lowest BCUT2D eigenvalue weighted by molar-refractivity contribution is -0.121. The lowest BCUT2D eigenvalue weighted by Crippen LogP contribution is -2.42. The predicted octanol–water partition coefficient (Wildman–Crippen LogP) is 1.41. The lowest BCUT2D eigenvalue weighted by atomic mass is 10.1. The summed E-state index contributed by atoms with van der Waals surface area (Å²) in [6.07, 6.45) is 2.61. The van der Waals surface area contributed by atoms with E-state index in [2.05, 4.69) is 5.32 Å². The van der Waals surface area contributed by atoms with Crippen LogP contribution < -0.4 is 5.32 Å². The standard InChI is InChI=1S/C15H24N2O3S/c1-13(2)16-15(18)12-17(21(3,19)20)11-7-10-14-8-5-4-6-9-14/h4-6,8-9,13H,7,10-12H2,1-3H3,(H,16,18). The molecule has 0 radical (unpaired) electrons. The Labute approximate surface area is 127 Å². The van der Waals surface area contributed by atoms with Crippen LogP contribution in [0, 0.1) is 0 Å². The number of hydrogen-bond donors (Lipinski definition) is 1. The maximum absolute atomic E-state index is 11.7. The molecule has 0 unspecified atom stereocenters. The number of carbonyl (C=O) groups is 1. The second-order valence-electron chi connectivity index (χ2n) is 5.41. The van der Waals surface area contributed by atoms with Gasteiger partial charge < -0.3 is 5.32 Å². The Morgan fingerprint density at radius 1 is 1.24 bits per heavy atom. The van der Waals surface area contributed by atoms with E-state index >= 15 is 0 Å². The van der Waals surface area contributed by atoms with Gasteiger partial charge in [0.05, 0.1) is 12.8 Å². The fraction of sp³-hybridized carbons (Fsp3) is 0.533. The van der Waals surface area contributed by atoms with Crippen molar-refractivity contribution in [2.24, 2.45) is 0 Å². The van der Waals surface area contributed by atoms with E-state index in [0.29, 0.717) is 13.0 Å². The van der Waals surface area contributed by atoms with Gasteiger partial charge in [-0.25, -0.2) is 8.42 Å². The molecule has 0 saturated carbocycles. The molecule has 0 heterocycles. The van der Waals surface area contributed by atoms with Crippen molar-refractivity contribution in [3.8, 4) is 0 Å². The van der Waals surface area contributed by atoms with Gasteiger partial charge in [-0.15, -0.1) is 0 Å². The molecule has 0 aromatic heterocycles. The molecule has 0 atom stereocenters. The van der Waals surface area contributed by atoms with Crippen LogP contribution in [0.4, 0.5) is 0 Å². The summed E-state index contributed by atoms with van der Waals surface area (Å²) in [6.45, 7) is 3.92. The highest BCUT2D eigenvalue weighted by atomic mass is 32.2. The maximum Gasteiger partial charge on any atom is 0.235 e. The first-order valence-corrected chi connectivity index (χ1v) is 8.92. The smallest absolute Gasteiger partial charge is 0.235 e. The van der Waals surface area contributed by atoms with Gasteiger partial charge in [0.2, 0.25) is 15.9 Å². The second-order valence-corrected chi connectivity index (χ2v) is 7.39. The first kappa shape index (κ1) is 17.7. The third-order valence-electron chi connectivity index (χ3n) is 2.95. The molecule has 1 aromatic carbocycles. The Morgan fingerprint density at radius 3 is 2.38 bits per heavy atom. The number of carbonyl (C=O) groups excluding carboxylic acids is 1. The average molecular weight is 312 g/mol. The van der Waals surface area contributed by atoms with Gasteiger partial charge in [-0.1, -0.05) is 30.3 Å². The van der Waals surface area contributed by atoms with Crippen LogP contribution in [0.1, 0.15) is 25.8 Å². The highest BCUT2D eigenvalue weighted by Gasteiger charge is 2.19. The molecule has 0 spiro atoms. The lowest BCUT2D eigenvalue weighted by Gasteiger charge is -2.20. The van der Waals surface area contributed by atoms with Crippen LogP contribution >= 0.6 is 0 Å². The summed E-state index contributed by atoms with van der Waals surface area (Å²) in [5, 5.41) is 2.71. The van der Waals surface area contributed by atoms with Gasteiger partial charge >= 0.3 is 0 Å². The van der Waals surface area contributed by atoms with Gasteiger partial charge in [-0.2, -0.15) is 4.31 Å². The zero-order valence-corrected chi connectivity index (χ0v) is 13.7. The summed E-state index contributed by atoms with van der Waals surface area (Å²) in [4.78, 5) is 11.7. The van der Waals surface area contributed by atoms with Crippen LogP contribution in [-0.4, -0.2) is 44.0 Å². The minimum Gasteiger partial charge on any atom is -0.353 e. The minimum atomic E-state index is -3.38. The molecule has 118 valence electrons. The highest BCUT2D eigenvalue weighted by Crippen LogP contribution is 2.06. The van der Waals surface area contributed by atoms with Crippen LogP contribution in [0.5, 0.6) is 0 Å². The van der Waals surface area contributed by atoms with Crippen molar-refractivity contribution in [1.29, 1.82) is 0 Å². The molecule has 1 rings (SSSR count). The number of hydrogen-bond acceptors (Lipinski definition) is 3. The van der Waals surface area contributed by atoms with Gasteiger partial charge in [0, 0.05) is 12.6 Å². The molecule has 0 saturated heterocycles. The molecule has 0 bridgehead atoms. The van der Waals surface area contributed by atoms with Crippen molar-refractivity contribution >= 4 is 15.9 Å². The van der Waals surface area contributed by atoms with Crippen LogP contribution in [0.15, 0.2) is 30.3 Å². The van der Waals surface area contributed by atoms with Crippen molar-refractivity contribution in [2.45, 2.75) is 32.7 Å². The van der Waals surface area contributed by atoms with Gasteiger partial charge in [-0.05, 0) is 32.3 Å². The molecule has 1 N–H and O–H groups in total. The van der Waals surface area contributed by atoms with E-state index < -0.39 is 10.0 Å². The van der Waals surface area contributed by atoms with E-state index in [1.165, 1.54) is 4.31 Å². The summed E-state index contributed by atoms with van der Waals surface area (Å²) in [5.74, 6) is -0.268. The fourth-order valence-electron chi connectivity index (χ4n) is 1.99. The Morgan fingerprint density at radius 2 is 1.86 bits per heavy atom. The Hall–Kier alpha value is -1.40. The number of amides is 1. The first-order valence-electron chi connectivity index (χ1n) is 7.07. The van der Waals surface area contributed by atoms with Gasteiger partial charge in [0.15, 0.2) is 0 Å². The van der Waals surface area contributed by atoms with Crippen molar-refractivity contribution in [2.75, 3.05) is 19.3 Å². The molecule has 5 nitrogen and oxygen atoms in total. The molecule has 0 aliphatic heterocycles. The molecule has 0 aliphatic rings. The predicted molar refractivity (Wildman–Crippen MR) is 84.5 cm³/mol. The molecule has 1 aromatic rings.